The summed E-state index contributed by atoms with van der Waals surface area (Å²) in [5.74, 6) is -1.57. The van der Waals surface area contributed by atoms with Crippen LogP contribution in [0.5, 0.6) is 0 Å². The van der Waals surface area contributed by atoms with Crippen LogP contribution in [-0.4, -0.2) is 30.3 Å². The summed E-state index contributed by atoms with van der Waals surface area (Å²) < 4.78 is 15.8. The number of fused-ring (bicyclic) bond motifs is 1. The van der Waals surface area contributed by atoms with E-state index >= 15 is 0 Å². The van der Waals surface area contributed by atoms with Crippen LogP contribution in [0.25, 0.3) is 11.0 Å². The number of amides is 1. The second-order valence-electron chi connectivity index (χ2n) is 6.87. The Morgan fingerprint density at radius 1 is 0.903 bits per heavy atom. The number of hydrogen-bond acceptors (Lipinski definition) is 6. The Morgan fingerprint density at radius 2 is 1.68 bits per heavy atom. The van der Waals surface area contributed by atoms with E-state index in [1.54, 1.807) is 24.3 Å². The zero-order chi connectivity index (χ0) is 21.6. The number of nitrogens with one attached hydrogen (secondary N) is 1. The Hall–Kier alpha value is -4.13. The van der Waals surface area contributed by atoms with Gasteiger partial charge in [-0.25, -0.2) is 4.79 Å². The van der Waals surface area contributed by atoms with Crippen LogP contribution in [0, 0.1) is 0 Å². The molecule has 2 aromatic carbocycles. The summed E-state index contributed by atoms with van der Waals surface area (Å²) in [7, 11) is 0. The maximum absolute atomic E-state index is 12.7. The number of esters is 1. The molecule has 0 aliphatic carbocycles. The first-order valence-electron chi connectivity index (χ1n) is 9.67. The number of Topliss-reactive ketones (excluding diaryl/α,β-unsaturated/α-hetero) is 1. The molecule has 0 aliphatic heterocycles. The molecule has 1 N–H and O–H groups in total. The van der Waals surface area contributed by atoms with Crippen molar-refractivity contribution in [2.24, 2.45) is 0 Å². The Balaban J connectivity index is 1.44. The van der Waals surface area contributed by atoms with Crippen LogP contribution in [0.1, 0.15) is 26.7 Å². The van der Waals surface area contributed by atoms with Crippen molar-refractivity contribution in [1.82, 2.24) is 5.32 Å². The van der Waals surface area contributed by atoms with Gasteiger partial charge in [-0.05, 0) is 29.8 Å². The third kappa shape index (κ3) is 4.90. The molecule has 0 fully saturated rings. The van der Waals surface area contributed by atoms with Crippen LogP contribution in [-0.2, 0) is 16.0 Å². The zero-order valence-corrected chi connectivity index (χ0v) is 16.4. The van der Waals surface area contributed by atoms with Gasteiger partial charge in [-0.3, -0.25) is 9.59 Å². The molecule has 31 heavy (non-hydrogen) atoms. The highest BCUT2D eigenvalue weighted by molar-refractivity contribution is 5.99. The molecular formula is C24H19NO6. The van der Waals surface area contributed by atoms with Crippen LogP contribution in [0.15, 0.2) is 87.9 Å². The summed E-state index contributed by atoms with van der Waals surface area (Å²) in [6.45, 7) is -0.499. The molecule has 0 radical (unpaired) electrons. The molecule has 0 aliphatic rings. The zero-order valence-electron chi connectivity index (χ0n) is 16.4. The van der Waals surface area contributed by atoms with Gasteiger partial charge in [0.25, 0.3) is 5.91 Å². The fourth-order valence-electron chi connectivity index (χ4n) is 3.11. The molecule has 0 spiro atoms. The van der Waals surface area contributed by atoms with Gasteiger partial charge in [-0.2, -0.15) is 0 Å². The van der Waals surface area contributed by atoms with Crippen molar-refractivity contribution in [3.8, 4) is 0 Å². The first-order valence-corrected chi connectivity index (χ1v) is 9.67. The molecule has 1 amide bonds. The molecular weight excluding hydrogens is 398 g/mol. The molecule has 4 aromatic rings. The molecule has 0 saturated carbocycles. The van der Waals surface area contributed by atoms with Gasteiger partial charge in [-0.15, -0.1) is 0 Å². The van der Waals surface area contributed by atoms with Crippen molar-refractivity contribution in [1.29, 1.82) is 0 Å². The molecule has 0 saturated heterocycles. The first kappa shape index (κ1) is 20.2. The lowest BCUT2D eigenvalue weighted by Crippen LogP contribution is -2.43. The minimum Gasteiger partial charge on any atom is -0.459 e. The largest absolute Gasteiger partial charge is 0.459 e. The molecule has 1 atom stereocenters. The topological polar surface area (TPSA) is 98.8 Å². The van der Waals surface area contributed by atoms with E-state index in [0.29, 0.717) is 5.58 Å². The number of carbonyl (C=O) groups excluding carboxylic acids is 3. The van der Waals surface area contributed by atoms with Crippen molar-refractivity contribution in [2.75, 3.05) is 6.61 Å². The lowest BCUT2D eigenvalue weighted by molar-refractivity contribution is -0.144. The van der Waals surface area contributed by atoms with Crippen LogP contribution in [0.4, 0.5) is 0 Å². The van der Waals surface area contributed by atoms with E-state index in [1.807, 2.05) is 42.5 Å². The molecule has 7 nitrogen and oxygen atoms in total. The summed E-state index contributed by atoms with van der Waals surface area (Å²) in [5.41, 5.74) is 1.40. The Morgan fingerprint density at radius 3 is 2.42 bits per heavy atom. The van der Waals surface area contributed by atoms with Gasteiger partial charge in [0.15, 0.2) is 18.1 Å². The third-order valence-corrected chi connectivity index (χ3v) is 4.66. The summed E-state index contributed by atoms with van der Waals surface area (Å²) in [6, 6.07) is 20.1. The highest BCUT2D eigenvalue weighted by Crippen LogP contribution is 2.19. The average Bonchev–Trinajstić information content (AvgIpc) is 3.47. The first-order chi connectivity index (χ1) is 15.1. The van der Waals surface area contributed by atoms with E-state index < -0.39 is 30.3 Å². The predicted molar refractivity (Wildman–Crippen MR) is 112 cm³/mol. The number of hydrogen-bond donors (Lipinski definition) is 1. The molecule has 2 aromatic heterocycles. The lowest BCUT2D eigenvalue weighted by Gasteiger charge is -2.17. The fraction of sp³-hybridized carbons (Fsp3) is 0.125. The number of rotatable bonds is 8. The van der Waals surface area contributed by atoms with Crippen molar-refractivity contribution >= 4 is 28.6 Å². The molecule has 2 heterocycles. The second kappa shape index (κ2) is 9.13. The molecule has 0 bridgehead atoms. The normalized spacial score (nSPS) is 11.7. The van der Waals surface area contributed by atoms with E-state index in [1.165, 1.54) is 12.3 Å². The van der Waals surface area contributed by atoms with Gasteiger partial charge < -0.3 is 18.9 Å². The Kier molecular flexibility index (Phi) is 5.93. The van der Waals surface area contributed by atoms with E-state index in [-0.39, 0.29) is 17.9 Å². The van der Waals surface area contributed by atoms with Crippen molar-refractivity contribution in [3.05, 3.63) is 96.1 Å². The minimum atomic E-state index is -0.997. The maximum Gasteiger partial charge on any atom is 0.329 e. The van der Waals surface area contributed by atoms with Crippen molar-refractivity contribution < 1.29 is 28.0 Å². The number of para-hydroxylation sites is 1. The van der Waals surface area contributed by atoms with E-state index in [4.69, 9.17) is 13.6 Å². The van der Waals surface area contributed by atoms with Crippen LogP contribution in [0.3, 0.4) is 0 Å². The number of furan rings is 2. The smallest absolute Gasteiger partial charge is 0.329 e. The molecule has 156 valence electrons. The summed E-state index contributed by atoms with van der Waals surface area (Å²) >= 11 is 0. The van der Waals surface area contributed by atoms with Crippen LogP contribution < -0.4 is 5.32 Å². The molecule has 4 rings (SSSR count). The quantitative estimate of drug-likeness (QED) is 0.346. The van der Waals surface area contributed by atoms with E-state index in [9.17, 15) is 14.4 Å². The number of carbonyl (C=O) groups is 3. The van der Waals surface area contributed by atoms with E-state index in [2.05, 4.69) is 5.32 Å². The number of benzene rings is 2. The average molecular weight is 417 g/mol. The fourth-order valence-corrected chi connectivity index (χ4v) is 3.11. The van der Waals surface area contributed by atoms with E-state index in [0.717, 1.165) is 10.9 Å². The van der Waals surface area contributed by atoms with Crippen molar-refractivity contribution in [3.63, 3.8) is 0 Å². The third-order valence-electron chi connectivity index (χ3n) is 4.66. The van der Waals surface area contributed by atoms with Gasteiger partial charge in [0.2, 0.25) is 5.78 Å². The maximum atomic E-state index is 12.7. The minimum absolute atomic E-state index is 0.0733. The summed E-state index contributed by atoms with van der Waals surface area (Å²) in [4.78, 5) is 37.5. The summed E-state index contributed by atoms with van der Waals surface area (Å²) in [6.07, 6.45) is 1.57. The second-order valence-corrected chi connectivity index (χ2v) is 6.87. The van der Waals surface area contributed by atoms with Gasteiger partial charge >= 0.3 is 5.97 Å². The molecule has 7 heteroatoms. The monoisotopic (exact) mass is 417 g/mol. The van der Waals surface area contributed by atoms with Gasteiger partial charge in [-0.1, -0.05) is 48.5 Å². The Bertz CT molecular complexity index is 1160. The predicted octanol–water partition coefficient (Wildman–Crippen LogP) is 3.79. The van der Waals surface area contributed by atoms with Gasteiger partial charge in [0, 0.05) is 11.8 Å². The SMILES string of the molecule is O=C(COC(=O)C(Cc1ccccc1)NC(=O)c1ccco1)c1cc2ccccc2o1. The van der Waals surface area contributed by atoms with Gasteiger partial charge in [0.1, 0.15) is 11.6 Å². The van der Waals surface area contributed by atoms with Crippen LogP contribution in [0.2, 0.25) is 0 Å². The van der Waals surface area contributed by atoms with Gasteiger partial charge in [0.05, 0.1) is 6.26 Å². The molecule has 1 unspecified atom stereocenters. The highest BCUT2D eigenvalue weighted by atomic mass is 16.5. The lowest BCUT2D eigenvalue weighted by atomic mass is 10.1. The summed E-state index contributed by atoms with van der Waals surface area (Å²) in [5, 5.41) is 3.39. The van der Waals surface area contributed by atoms with Crippen molar-refractivity contribution in [2.45, 2.75) is 12.5 Å². The van der Waals surface area contributed by atoms with Crippen LogP contribution >= 0.6 is 0 Å². The number of ether oxygens (including phenoxy) is 1. The Labute approximate surface area is 177 Å². The standard InChI is InChI=1S/C24H19NO6/c26-19(22-14-17-9-4-5-10-20(17)31-22)15-30-24(28)18(13-16-7-2-1-3-8-16)25-23(27)21-11-6-12-29-21/h1-12,14,18H,13,15H2,(H,25,27). The number of ketones is 1. The highest BCUT2D eigenvalue weighted by Gasteiger charge is 2.25.